The Kier molecular flexibility index (Phi) is 7.61. The number of carbonyl (C=O) groups is 1. The fraction of sp³-hybridized carbons (Fsp3) is 0.0741. The minimum atomic E-state index is -4.03. The quantitative estimate of drug-likeness (QED) is 0.325. The van der Waals surface area contributed by atoms with Crippen molar-refractivity contribution in [3.8, 4) is 0 Å². The van der Waals surface area contributed by atoms with Gasteiger partial charge in [0.25, 0.3) is 20.0 Å². The lowest BCUT2D eigenvalue weighted by Gasteiger charge is -2.24. The highest BCUT2D eigenvalue weighted by Gasteiger charge is 2.27. The summed E-state index contributed by atoms with van der Waals surface area (Å²) in [7, 11) is -7.84. The molecule has 0 saturated carbocycles. The first-order chi connectivity index (χ1) is 17.6. The number of nitrogens with zero attached hydrogens (tertiary/aromatic N) is 1. The number of para-hydroxylation sites is 1. The molecule has 4 aromatic carbocycles. The molecule has 0 saturated heterocycles. The molecule has 0 aliphatic carbocycles. The van der Waals surface area contributed by atoms with Gasteiger partial charge in [0.05, 0.1) is 15.5 Å². The van der Waals surface area contributed by atoms with Crippen LogP contribution >= 0.6 is 0 Å². The number of benzene rings is 4. The van der Waals surface area contributed by atoms with E-state index in [1.165, 1.54) is 36.4 Å². The maximum Gasteiger partial charge on any atom is 0.264 e. The minimum Gasteiger partial charge on any atom is -0.325 e. The molecule has 0 unspecified atom stereocenters. The van der Waals surface area contributed by atoms with Crippen molar-refractivity contribution in [1.82, 2.24) is 0 Å². The molecule has 0 aliphatic rings. The second-order valence-electron chi connectivity index (χ2n) is 8.20. The van der Waals surface area contributed by atoms with Crippen LogP contribution in [-0.4, -0.2) is 29.3 Å². The van der Waals surface area contributed by atoms with Crippen molar-refractivity contribution in [3.63, 3.8) is 0 Å². The third-order valence-corrected chi connectivity index (χ3v) is 8.60. The molecule has 0 fully saturated rings. The molecule has 190 valence electrons. The van der Waals surface area contributed by atoms with Gasteiger partial charge in [-0.05, 0) is 67.6 Å². The lowest BCUT2D eigenvalue weighted by molar-refractivity contribution is -0.114. The molecule has 2 N–H and O–H groups in total. The molecular weight excluding hydrogens is 510 g/mol. The number of hydrogen-bond acceptors (Lipinski definition) is 5. The van der Waals surface area contributed by atoms with Crippen LogP contribution in [0.4, 0.5) is 17.1 Å². The largest absolute Gasteiger partial charge is 0.325 e. The van der Waals surface area contributed by atoms with Gasteiger partial charge in [0.2, 0.25) is 5.91 Å². The van der Waals surface area contributed by atoms with Gasteiger partial charge in [0.1, 0.15) is 6.54 Å². The number of amides is 1. The van der Waals surface area contributed by atoms with Crippen molar-refractivity contribution in [2.24, 2.45) is 0 Å². The molecular formula is C27H25N3O5S2. The second kappa shape index (κ2) is 10.9. The van der Waals surface area contributed by atoms with E-state index >= 15 is 0 Å². The van der Waals surface area contributed by atoms with Gasteiger partial charge in [-0.15, -0.1) is 0 Å². The summed E-state index contributed by atoms with van der Waals surface area (Å²) in [6.07, 6.45) is 0. The molecule has 1 amide bonds. The molecule has 37 heavy (non-hydrogen) atoms. The topological polar surface area (TPSA) is 113 Å². The van der Waals surface area contributed by atoms with Gasteiger partial charge < -0.3 is 5.32 Å². The molecule has 0 bridgehead atoms. The van der Waals surface area contributed by atoms with Gasteiger partial charge in [-0.3, -0.25) is 13.8 Å². The lowest BCUT2D eigenvalue weighted by Crippen LogP contribution is -2.38. The van der Waals surface area contributed by atoms with E-state index in [0.717, 1.165) is 9.87 Å². The molecule has 0 heterocycles. The van der Waals surface area contributed by atoms with Gasteiger partial charge in [-0.25, -0.2) is 16.8 Å². The third-order valence-electron chi connectivity index (χ3n) is 5.41. The zero-order valence-electron chi connectivity index (χ0n) is 19.9. The van der Waals surface area contributed by atoms with Crippen molar-refractivity contribution in [3.05, 3.63) is 115 Å². The molecule has 0 spiro atoms. The Hall–Kier alpha value is -4.15. The fourth-order valence-electron chi connectivity index (χ4n) is 3.51. The maximum atomic E-state index is 13.4. The first-order valence-electron chi connectivity index (χ1n) is 11.3. The monoisotopic (exact) mass is 535 g/mol. The Morgan fingerprint density at radius 2 is 1.24 bits per heavy atom. The zero-order valence-corrected chi connectivity index (χ0v) is 21.5. The van der Waals surface area contributed by atoms with E-state index in [4.69, 9.17) is 0 Å². The molecule has 10 heteroatoms. The van der Waals surface area contributed by atoms with Gasteiger partial charge in [0.15, 0.2) is 0 Å². The molecule has 0 aliphatic heterocycles. The maximum absolute atomic E-state index is 13.4. The minimum absolute atomic E-state index is 0.0160. The van der Waals surface area contributed by atoms with Crippen molar-refractivity contribution < 1.29 is 21.6 Å². The summed E-state index contributed by atoms with van der Waals surface area (Å²) < 4.78 is 55.6. The summed E-state index contributed by atoms with van der Waals surface area (Å²) in [5, 5.41) is 2.65. The van der Waals surface area contributed by atoms with Crippen LogP contribution in [0.15, 0.2) is 119 Å². The fourth-order valence-corrected chi connectivity index (χ4v) is 6.02. The van der Waals surface area contributed by atoms with E-state index in [0.29, 0.717) is 17.1 Å². The summed E-state index contributed by atoms with van der Waals surface area (Å²) >= 11 is 0. The molecule has 4 aromatic rings. The SMILES string of the molecule is Cc1ccc(N(CC(=O)Nc2ccc(S(=O)(=O)Nc3ccccc3)cc2)S(=O)(=O)c2ccccc2)cc1. The van der Waals surface area contributed by atoms with Crippen LogP contribution in [0.1, 0.15) is 5.56 Å². The van der Waals surface area contributed by atoms with Crippen LogP contribution in [0.5, 0.6) is 0 Å². The van der Waals surface area contributed by atoms with Crippen molar-refractivity contribution in [2.45, 2.75) is 16.7 Å². The summed E-state index contributed by atoms with van der Waals surface area (Å²) in [5.41, 5.74) is 2.04. The Balaban J connectivity index is 1.52. The first kappa shape index (κ1) is 25.9. The molecule has 0 atom stereocenters. The average molecular weight is 536 g/mol. The van der Waals surface area contributed by atoms with E-state index in [1.807, 2.05) is 6.92 Å². The van der Waals surface area contributed by atoms with E-state index in [2.05, 4.69) is 10.0 Å². The Labute approximate surface area is 216 Å². The Morgan fingerprint density at radius 1 is 0.676 bits per heavy atom. The second-order valence-corrected chi connectivity index (χ2v) is 11.7. The van der Waals surface area contributed by atoms with Crippen LogP contribution < -0.4 is 14.3 Å². The van der Waals surface area contributed by atoms with Gasteiger partial charge in [-0.1, -0.05) is 54.1 Å². The van der Waals surface area contributed by atoms with Crippen molar-refractivity contribution in [1.29, 1.82) is 0 Å². The highest BCUT2D eigenvalue weighted by Crippen LogP contribution is 2.24. The number of hydrogen-bond donors (Lipinski definition) is 2. The predicted octanol–water partition coefficient (Wildman–Crippen LogP) is 4.63. The first-order valence-corrected chi connectivity index (χ1v) is 14.2. The Bertz CT molecular complexity index is 1570. The number of rotatable bonds is 9. The third kappa shape index (κ3) is 6.35. The number of nitrogens with one attached hydrogen (secondary N) is 2. The van der Waals surface area contributed by atoms with Crippen molar-refractivity contribution >= 4 is 43.0 Å². The summed E-state index contributed by atoms with van der Waals surface area (Å²) in [5.74, 6) is -0.585. The zero-order chi connectivity index (χ0) is 26.5. The average Bonchev–Trinajstić information content (AvgIpc) is 2.89. The highest BCUT2D eigenvalue weighted by molar-refractivity contribution is 7.93. The summed E-state index contributed by atoms with van der Waals surface area (Å²) in [6, 6.07) is 28.8. The van der Waals surface area contributed by atoms with Crippen LogP contribution in [0.3, 0.4) is 0 Å². The van der Waals surface area contributed by atoms with Crippen LogP contribution in [0, 0.1) is 6.92 Å². The molecule has 0 aromatic heterocycles. The van der Waals surface area contributed by atoms with Crippen molar-refractivity contribution in [2.75, 3.05) is 20.9 Å². The van der Waals surface area contributed by atoms with Crippen LogP contribution in [0.25, 0.3) is 0 Å². The number of aryl methyl sites for hydroxylation is 1. The van der Waals surface area contributed by atoms with E-state index in [-0.39, 0.29) is 9.79 Å². The lowest BCUT2D eigenvalue weighted by atomic mass is 10.2. The van der Waals surface area contributed by atoms with Gasteiger partial charge in [-0.2, -0.15) is 0 Å². The van der Waals surface area contributed by atoms with Gasteiger partial charge >= 0.3 is 0 Å². The van der Waals surface area contributed by atoms with E-state index in [9.17, 15) is 21.6 Å². The van der Waals surface area contributed by atoms with E-state index < -0.39 is 32.5 Å². The van der Waals surface area contributed by atoms with Crippen LogP contribution in [-0.2, 0) is 24.8 Å². The normalized spacial score (nSPS) is 11.5. The van der Waals surface area contributed by atoms with E-state index in [1.54, 1.807) is 72.8 Å². The number of carbonyl (C=O) groups excluding carboxylic acids is 1. The molecule has 0 radical (unpaired) electrons. The number of sulfonamides is 2. The summed E-state index contributed by atoms with van der Waals surface area (Å²) in [6.45, 7) is 1.40. The smallest absolute Gasteiger partial charge is 0.264 e. The summed E-state index contributed by atoms with van der Waals surface area (Å²) in [4.78, 5) is 13.0. The molecule has 8 nitrogen and oxygen atoms in total. The molecule has 4 rings (SSSR count). The predicted molar refractivity (Wildman–Crippen MR) is 144 cm³/mol. The number of anilines is 3. The van der Waals surface area contributed by atoms with Gasteiger partial charge in [0, 0.05) is 11.4 Å². The highest BCUT2D eigenvalue weighted by atomic mass is 32.2. The van der Waals surface area contributed by atoms with Crippen LogP contribution in [0.2, 0.25) is 0 Å². The Morgan fingerprint density at radius 3 is 1.84 bits per heavy atom. The standard InChI is InChI=1S/C27H25N3O5S2/c1-21-12-16-24(17-13-21)30(37(34,35)26-10-6-3-7-11-26)20-27(31)28-22-14-18-25(19-15-22)36(32,33)29-23-8-4-2-5-9-23/h2-19,29H,20H2,1H3,(H,28,31).